The molecule has 0 aliphatic carbocycles. The van der Waals surface area contributed by atoms with Crippen molar-refractivity contribution in [2.45, 2.75) is 19.9 Å². The molecular weight excluding hydrogens is 336 g/mol. The van der Waals surface area contributed by atoms with E-state index < -0.39 is 0 Å². The van der Waals surface area contributed by atoms with Crippen molar-refractivity contribution in [3.8, 4) is 0 Å². The van der Waals surface area contributed by atoms with E-state index in [-0.39, 0.29) is 5.91 Å². The molecule has 0 saturated carbocycles. The minimum atomic E-state index is -0.0391. The SMILES string of the molecule is Cc1cc(C(=O)Nc2cccc3c2CNCC3)sc1Br. The number of nitrogens with one attached hydrogen (secondary N) is 2. The number of carbonyl (C=O) groups excluding carboxylic acids is 1. The van der Waals surface area contributed by atoms with Crippen LogP contribution in [-0.4, -0.2) is 12.5 Å². The van der Waals surface area contributed by atoms with Gasteiger partial charge < -0.3 is 10.6 Å². The van der Waals surface area contributed by atoms with E-state index in [2.05, 4.69) is 32.6 Å². The van der Waals surface area contributed by atoms with Crippen molar-refractivity contribution in [2.24, 2.45) is 0 Å². The van der Waals surface area contributed by atoms with Crippen molar-refractivity contribution in [3.05, 3.63) is 49.6 Å². The Hall–Kier alpha value is -1.17. The van der Waals surface area contributed by atoms with Crippen molar-refractivity contribution >= 4 is 38.9 Å². The Bertz CT molecular complexity index is 646. The third kappa shape index (κ3) is 2.66. The minimum Gasteiger partial charge on any atom is -0.321 e. The molecule has 2 aromatic rings. The zero-order chi connectivity index (χ0) is 14.1. The van der Waals surface area contributed by atoms with Crippen LogP contribution in [0.5, 0.6) is 0 Å². The number of hydrogen-bond acceptors (Lipinski definition) is 3. The first kappa shape index (κ1) is 13.8. The fourth-order valence-electron chi connectivity index (χ4n) is 2.39. The minimum absolute atomic E-state index is 0.0391. The number of carbonyl (C=O) groups is 1. The highest BCUT2D eigenvalue weighted by molar-refractivity contribution is 9.11. The lowest BCUT2D eigenvalue weighted by Crippen LogP contribution is -2.25. The predicted octanol–water partition coefficient (Wildman–Crippen LogP) is 3.72. The van der Waals surface area contributed by atoms with E-state index in [9.17, 15) is 4.79 Å². The lowest BCUT2D eigenvalue weighted by Gasteiger charge is -2.20. The number of amides is 1. The van der Waals surface area contributed by atoms with Gasteiger partial charge in [-0.2, -0.15) is 0 Å². The van der Waals surface area contributed by atoms with Crippen LogP contribution in [0.25, 0.3) is 0 Å². The second-order valence-electron chi connectivity index (χ2n) is 4.89. The summed E-state index contributed by atoms with van der Waals surface area (Å²) in [7, 11) is 0. The number of fused-ring (bicyclic) bond motifs is 1. The van der Waals surface area contributed by atoms with Gasteiger partial charge >= 0.3 is 0 Å². The smallest absolute Gasteiger partial charge is 0.265 e. The molecule has 1 aromatic carbocycles. The first-order valence-corrected chi connectivity index (χ1v) is 8.15. The van der Waals surface area contributed by atoms with E-state index in [0.29, 0.717) is 0 Å². The van der Waals surface area contributed by atoms with Crippen LogP contribution in [0.3, 0.4) is 0 Å². The molecule has 0 unspecified atom stereocenters. The Morgan fingerprint density at radius 3 is 3.05 bits per heavy atom. The van der Waals surface area contributed by atoms with Crippen LogP contribution in [0.2, 0.25) is 0 Å². The van der Waals surface area contributed by atoms with Crippen LogP contribution >= 0.6 is 27.3 Å². The van der Waals surface area contributed by atoms with Gasteiger partial charge in [0.05, 0.1) is 8.66 Å². The zero-order valence-corrected chi connectivity index (χ0v) is 13.5. The highest BCUT2D eigenvalue weighted by Crippen LogP contribution is 2.29. The molecule has 0 fully saturated rings. The summed E-state index contributed by atoms with van der Waals surface area (Å²) in [5, 5.41) is 6.39. The second-order valence-corrected chi connectivity index (χ2v) is 7.26. The van der Waals surface area contributed by atoms with Gasteiger partial charge in [0.1, 0.15) is 0 Å². The first-order valence-electron chi connectivity index (χ1n) is 6.54. The Balaban J connectivity index is 1.86. The molecule has 3 nitrogen and oxygen atoms in total. The average Bonchev–Trinajstić information content (AvgIpc) is 2.79. The van der Waals surface area contributed by atoms with Gasteiger partial charge in [0.2, 0.25) is 0 Å². The van der Waals surface area contributed by atoms with Crippen LogP contribution in [0.4, 0.5) is 5.69 Å². The summed E-state index contributed by atoms with van der Waals surface area (Å²) in [5.74, 6) is -0.0391. The van der Waals surface area contributed by atoms with Gasteiger partial charge in [0.25, 0.3) is 5.91 Å². The number of rotatable bonds is 2. The number of aryl methyl sites for hydroxylation is 1. The van der Waals surface area contributed by atoms with Crippen molar-refractivity contribution < 1.29 is 4.79 Å². The quantitative estimate of drug-likeness (QED) is 0.866. The molecule has 0 saturated heterocycles. The number of thiophene rings is 1. The van der Waals surface area contributed by atoms with Crippen LogP contribution in [0, 0.1) is 6.92 Å². The van der Waals surface area contributed by atoms with E-state index >= 15 is 0 Å². The highest BCUT2D eigenvalue weighted by Gasteiger charge is 2.16. The topological polar surface area (TPSA) is 41.1 Å². The van der Waals surface area contributed by atoms with Crippen LogP contribution < -0.4 is 10.6 Å². The van der Waals surface area contributed by atoms with Crippen molar-refractivity contribution in [1.29, 1.82) is 0 Å². The van der Waals surface area contributed by atoms with Crippen molar-refractivity contribution in [3.63, 3.8) is 0 Å². The fourth-order valence-corrected chi connectivity index (χ4v) is 3.82. The maximum absolute atomic E-state index is 12.3. The normalized spacial score (nSPS) is 13.9. The summed E-state index contributed by atoms with van der Waals surface area (Å²) in [6.07, 6.45) is 1.02. The predicted molar refractivity (Wildman–Crippen MR) is 86.6 cm³/mol. The third-order valence-electron chi connectivity index (χ3n) is 3.48. The summed E-state index contributed by atoms with van der Waals surface area (Å²) < 4.78 is 1.01. The number of halogens is 1. The molecule has 104 valence electrons. The third-order valence-corrected chi connectivity index (χ3v) is 5.61. The Kier molecular flexibility index (Phi) is 3.92. The lowest BCUT2D eigenvalue weighted by atomic mass is 9.99. The van der Waals surface area contributed by atoms with E-state index in [1.807, 2.05) is 25.1 Å². The molecule has 3 rings (SSSR count). The molecule has 1 aliphatic heterocycles. The molecule has 1 amide bonds. The largest absolute Gasteiger partial charge is 0.321 e. The molecule has 5 heteroatoms. The molecule has 0 atom stereocenters. The fraction of sp³-hybridized carbons (Fsp3) is 0.267. The standard InChI is InChI=1S/C15H15BrN2OS/c1-9-7-13(20-14(9)16)15(19)18-12-4-2-3-10-5-6-17-8-11(10)12/h2-4,7,17H,5-6,8H2,1H3,(H,18,19). The molecule has 0 bridgehead atoms. The van der Waals surface area contributed by atoms with Gasteiger partial charge in [-0.3, -0.25) is 4.79 Å². The summed E-state index contributed by atoms with van der Waals surface area (Å²) in [4.78, 5) is 13.1. The van der Waals surface area contributed by atoms with Crippen LogP contribution in [0.1, 0.15) is 26.4 Å². The maximum Gasteiger partial charge on any atom is 0.265 e. The summed E-state index contributed by atoms with van der Waals surface area (Å²) >= 11 is 4.93. The highest BCUT2D eigenvalue weighted by atomic mass is 79.9. The second kappa shape index (κ2) is 5.68. The van der Waals surface area contributed by atoms with Crippen LogP contribution in [-0.2, 0) is 13.0 Å². The first-order chi connectivity index (χ1) is 9.65. The van der Waals surface area contributed by atoms with Gasteiger partial charge in [0.15, 0.2) is 0 Å². The van der Waals surface area contributed by atoms with E-state index in [1.54, 1.807) is 0 Å². The van der Waals surface area contributed by atoms with Gasteiger partial charge in [-0.15, -0.1) is 11.3 Å². The Labute approximate surface area is 130 Å². The summed E-state index contributed by atoms with van der Waals surface area (Å²) in [5.41, 5.74) is 4.54. The average molecular weight is 351 g/mol. The van der Waals surface area contributed by atoms with Gasteiger partial charge in [-0.1, -0.05) is 12.1 Å². The summed E-state index contributed by atoms with van der Waals surface area (Å²) in [6.45, 7) is 3.81. The molecule has 0 radical (unpaired) electrons. The Morgan fingerprint density at radius 2 is 2.30 bits per heavy atom. The van der Waals surface area contributed by atoms with Crippen molar-refractivity contribution in [1.82, 2.24) is 5.32 Å². The van der Waals surface area contributed by atoms with Gasteiger partial charge in [-0.25, -0.2) is 0 Å². The molecule has 1 aliphatic rings. The number of benzene rings is 1. The molecule has 2 heterocycles. The number of anilines is 1. The monoisotopic (exact) mass is 350 g/mol. The molecule has 1 aromatic heterocycles. The molecule has 20 heavy (non-hydrogen) atoms. The summed E-state index contributed by atoms with van der Waals surface area (Å²) in [6, 6.07) is 8.03. The lowest BCUT2D eigenvalue weighted by molar-refractivity contribution is 0.103. The zero-order valence-electron chi connectivity index (χ0n) is 11.1. The molecular formula is C15H15BrN2OS. The van der Waals surface area contributed by atoms with E-state index in [1.165, 1.54) is 22.5 Å². The van der Waals surface area contributed by atoms with Gasteiger partial charge in [0, 0.05) is 12.2 Å². The van der Waals surface area contributed by atoms with Crippen LogP contribution in [0.15, 0.2) is 28.1 Å². The van der Waals surface area contributed by atoms with E-state index in [4.69, 9.17) is 0 Å². The van der Waals surface area contributed by atoms with E-state index in [0.717, 1.165) is 39.4 Å². The maximum atomic E-state index is 12.3. The van der Waals surface area contributed by atoms with Gasteiger partial charge in [-0.05, 0) is 64.6 Å². The van der Waals surface area contributed by atoms with Crippen molar-refractivity contribution in [2.75, 3.05) is 11.9 Å². The number of hydrogen-bond donors (Lipinski definition) is 2. The molecule has 0 spiro atoms. The Morgan fingerprint density at radius 1 is 1.45 bits per heavy atom. The molecule has 2 N–H and O–H groups in total.